The molecule has 0 unspecified atom stereocenters. The largest absolute Gasteiger partial charge is 0.497 e. The SMILES string of the molecule is COc1cc(C)c(S(=O)(=O)N(C)CCOCC(=O)N2CCC(O)(Cc3cccnc3)CC2)c(C)c1.COc1cc(C)c(S(=O)(=O)N(C)CCOCC(=O)O)c(C)c1.Cl.Cl.Cl.OC1(Cc2ccncc2)CCNCC1. The second-order valence-electron chi connectivity index (χ2n) is 18.0. The molecule has 2 fully saturated rings. The summed E-state index contributed by atoms with van der Waals surface area (Å²) in [4.78, 5) is 33.1. The van der Waals surface area contributed by atoms with Gasteiger partial charge in [0.1, 0.15) is 24.7 Å². The highest BCUT2D eigenvalue weighted by Crippen LogP contribution is 2.30. The van der Waals surface area contributed by atoms with Crippen LogP contribution in [0.25, 0.3) is 0 Å². The van der Waals surface area contributed by atoms with E-state index in [9.17, 15) is 36.6 Å². The van der Waals surface area contributed by atoms with Crippen LogP contribution in [-0.2, 0) is 52.0 Å². The smallest absolute Gasteiger partial charge is 0.329 e. The van der Waals surface area contributed by atoms with E-state index in [2.05, 4.69) is 15.3 Å². The highest BCUT2D eigenvalue weighted by atomic mass is 35.5. The highest BCUT2D eigenvalue weighted by molar-refractivity contribution is 7.89. The Morgan fingerprint density at radius 2 is 1.09 bits per heavy atom. The summed E-state index contributed by atoms with van der Waals surface area (Å²) in [6.07, 6.45) is 10.9. The number of hydrogen-bond donors (Lipinski definition) is 4. The van der Waals surface area contributed by atoms with Crippen LogP contribution < -0.4 is 14.8 Å². The summed E-state index contributed by atoms with van der Waals surface area (Å²) in [5.74, 6) is -0.0498. The average Bonchev–Trinajstić information content (AvgIpc) is 3.32. The van der Waals surface area contributed by atoms with E-state index in [0.29, 0.717) is 66.1 Å². The van der Waals surface area contributed by atoms with Crippen LogP contribution in [0, 0.1) is 27.7 Å². The Hall–Kier alpha value is -4.23. The maximum absolute atomic E-state index is 13.1. The van der Waals surface area contributed by atoms with Gasteiger partial charge in [-0.05, 0) is 142 Å². The van der Waals surface area contributed by atoms with Crippen molar-refractivity contribution in [1.29, 1.82) is 0 Å². The summed E-state index contributed by atoms with van der Waals surface area (Å²) >= 11 is 0. The number of aryl methyl sites for hydroxylation is 4. The van der Waals surface area contributed by atoms with Crippen LogP contribution in [0.5, 0.6) is 11.5 Å². The van der Waals surface area contributed by atoms with Crippen LogP contribution in [0.4, 0.5) is 0 Å². The maximum Gasteiger partial charge on any atom is 0.329 e. The van der Waals surface area contributed by atoms with Crippen molar-refractivity contribution in [3.8, 4) is 11.5 Å². The van der Waals surface area contributed by atoms with Crippen LogP contribution >= 0.6 is 37.2 Å². The number of hydrogen-bond acceptors (Lipinski definition) is 15. The van der Waals surface area contributed by atoms with E-state index in [1.165, 1.54) is 31.1 Å². The quantitative estimate of drug-likeness (QED) is 0.0853. The molecule has 0 spiro atoms. The number of nitrogens with one attached hydrogen (secondary N) is 1. The lowest BCUT2D eigenvalue weighted by atomic mass is 9.86. The molecule has 0 saturated carbocycles. The molecule has 0 aliphatic carbocycles. The third kappa shape index (κ3) is 20.4. The molecule has 4 N–H and O–H groups in total. The minimum absolute atomic E-state index is 0. The lowest BCUT2D eigenvalue weighted by molar-refractivity contribution is -0.142. The number of benzene rings is 2. The minimum atomic E-state index is -3.72. The zero-order valence-corrected chi connectivity index (χ0v) is 47.5. The zero-order valence-electron chi connectivity index (χ0n) is 43.4. The number of piperidine rings is 2. The Morgan fingerprint density at radius 1 is 0.662 bits per heavy atom. The molecule has 0 atom stereocenters. The third-order valence-corrected chi connectivity index (χ3v) is 16.7. The number of amides is 1. The normalized spacial score (nSPS) is 14.9. The number of aromatic nitrogens is 2. The molecule has 19 nitrogen and oxygen atoms in total. The van der Waals surface area contributed by atoms with Gasteiger partial charge in [-0.2, -0.15) is 8.61 Å². The number of ether oxygens (including phenoxy) is 4. The van der Waals surface area contributed by atoms with Crippen molar-refractivity contribution < 1.29 is 60.7 Å². The Morgan fingerprint density at radius 3 is 1.51 bits per heavy atom. The summed E-state index contributed by atoms with van der Waals surface area (Å²) in [5.41, 5.74) is 3.19. The van der Waals surface area contributed by atoms with Gasteiger partial charge in [0, 0.05) is 77.9 Å². The van der Waals surface area contributed by atoms with Crippen molar-refractivity contribution in [2.75, 3.05) is 94.0 Å². The predicted octanol–water partition coefficient (Wildman–Crippen LogP) is 4.98. The van der Waals surface area contributed by atoms with E-state index in [1.807, 2.05) is 24.3 Å². The molecule has 2 aliphatic rings. The molecule has 4 heterocycles. The van der Waals surface area contributed by atoms with Crippen molar-refractivity contribution in [2.45, 2.75) is 87.2 Å². The molecule has 0 bridgehead atoms. The fraction of sp³-hybridized carbons (Fsp3) is 0.520. The summed E-state index contributed by atoms with van der Waals surface area (Å²) in [7, 11) is -1.40. The number of likely N-dealkylation sites (tertiary alicyclic amines) is 1. The van der Waals surface area contributed by atoms with E-state index in [4.69, 9.17) is 24.1 Å². The van der Waals surface area contributed by atoms with Crippen LogP contribution in [0.15, 0.2) is 83.1 Å². The lowest BCUT2D eigenvalue weighted by Gasteiger charge is -2.38. The average molecular weight is 1140 g/mol. The van der Waals surface area contributed by atoms with Crippen LogP contribution in [-0.4, -0.2) is 173 Å². The Labute approximate surface area is 455 Å². The van der Waals surface area contributed by atoms with E-state index in [0.717, 1.165) is 42.2 Å². The molecule has 2 saturated heterocycles. The minimum Gasteiger partial charge on any atom is -0.497 e. The molecule has 74 heavy (non-hydrogen) atoms. The van der Waals surface area contributed by atoms with Crippen molar-refractivity contribution in [1.82, 2.24) is 28.8 Å². The van der Waals surface area contributed by atoms with Gasteiger partial charge in [-0.15, -0.1) is 37.2 Å². The van der Waals surface area contributed by atoms with E-state index >= 15 is 0 Å². The van der Waals surface area contributed by atoms with Gasteiger partial charge in [0.2, 0.25) is 26.0 Å². The first-order valence-corrected chi connectivity index (χ1v) is 26.2. The van der Waals surface area contributed by atoms with Crippen molar-refractivity contribution in [3.63, 3.8) is 0 Å². The number of sulfonamides is 2. The Bertz CT molecular complexity index is 2530. The fourth-order valence-corrected chi connectivity index (χ4v) is 11.5. The molecule has 2 aromatic carbocycles. The molecule has 2 aromatic heterocycles. The number of aliphatic carboxylic acids is 1. The number of halogens is 3. The maximum atomic E-state index is 13.1. The standard InChI is InChI=1S/C25H35N3O6S.C14H21NO6S.C11H16N2O.3ClH/c1-19-14-22(33-4)15-20(2)24(19)35(31,32)27(3)12-13-34-18-23(29)28-10-7-25(30,8-11-28)16-21-6-5-9-26-17-21;1-10-7-12(20-4)8-11(2)14(10)22(18,19)15(3)5-6-21-9-13(16)17;14-11(3-7-13-8-4-11)9-10-1-5-12-6-2-10;;;/h5-6,9,14-15,17,30H,7-8,10-13,16,18H2,1-4H3;7-8H,5-6,9H2,1-4H3,(H,16,17);1-2,5-6,13-14H,3-4,7-9H2;3*1H. The number of rotatable bonds is 20. The van der Waals surface area contributed by atoms with Gasteiger partial charge >= 0.3 is 5.97 Å². The summed E-state index contributed by atoms with van der Waals surface area (Å²) < 4.78 is 74.5. The van der Waals surface area contributed by atoms with Crippen molar-refractivity contribution in [3.05, 3.63) is 107 Å². The summed E-state index contributed by atoms with van der Waals surface area (Å²) in [5, 5.41) is 32.9. The first kappa shape index (κ1) is 67.8. The van der Waals surface area contributed by atoms with Crippen molar-refractivity contribution in [2.24, 2.45) is 0 Å². The number of carboxylic acid groups (broad SMARTS) is 1. The Kier molecular flexibility index (Phi) is 29.1. The number of likely N-dealkylation sites (N-methyl/N-ethyl adjacent to an activating group) is 2. The van der Waals surface area contributed by atoms with Gasteiger partial charge in [-0.1, -0.05) is 6.07 Å². The van der Waals surface area contributed by atoms with Crippen LogP contribution in [0.1, 0.15) is 59.1 Å². The molecule has 24 heteroatoms. The van der Waals surface area contributed by atoms with Crippen LogP contribution in [0.2, 0.25) is 0 Å². The number of carbonyl (C=O) groups excluding carboxylic acids is 1. The molecule has 2 aliphatic heterocycles. The van der Waals surface area contributed by atoms with Gasteiger partial charge in [-0.3, -0.25) is 14.8 Å². The predicted molar refractivity (Wildman–Crippen MR) is 289 cm³/mol. The van der Waals surface area contributed by atoms with Gasteiger partial charge in [-0.25, -0.2) is 21.6 Å². The number of carbonyl (C=O) groups is 2. The third-order valence-electron chi connectivity index (χ3n) is 12.3. The van der Waals surface area contributed by atoms with E-state index < -0.39 is 43.8 Å². The molecule has 6 rings (SSSR count). The van der Waals surface area contributed by atoms with E-state index in [-0.39, 0.29) is 85.8 Å². The first-order chi connectivity index (χ1) is 33.5. The van der Waals surface area contributed by atoms with Gasteiger partial charge in [0.15, 0.2) is 0 Å². The van der Waals surface area contributed by atoms with Gasteiger partial charge in [0.05, 0.1) is 48.4 Å². The van der Waals surface area contributed by atoms with E-state index in [1.54, 1.807) is 88.8 Å². The number of nitrogens with zero attached hydrogens (tertiary/aromatic N) is 5. The number of aliphatic hydroxyl groups is 2. The number of methoxy groups -OCH3 is 2. The van der Waals surface area contributed by atoms with Crippen LogP contribution in [0.3, 0.4) is 0 Å². The monoisotopic (exact) mass is 1140 g/mol. The zero-order chi connectivity index (χ0) is 52.4. The first-order valence-electron chi connectivity index (χ1n) is 23.4. The molecule has 416 valence electrons. The molecule has 0 radical (unpaired) electrons. The molecular formula is C50H75Cl3N6O13S2. The topological polar surface area (TPSA) is 248 Å². The summed E-state index contributed by atoms with van der Waals surface area (Å²) in [6.45, 7) is 9.33. The second-order valence-corrected chi connectivity index (χ2v) is 21.9. The molecular weight excluding hydrogens is 1060 g/mol. The number of pyridine rings is 2. The molecule has 1 amide bonds. The Balaban J connectivity index is 0.000000600. The fourth-order valence-electron chi connectivity index (χ4n) is 8.40. The van der Waals surface area contributed by atoms with Gasteiger partial charge in [0.25, 0.3) is 0 Å². The second kappa shape index (κ2) is 31.7. The van der Waals surface area contributed by atoms with Gasteiger partial charge < -0.3 is 44.5 Å². The van der Waals surface area contributed by atoms with Crippen molar-refractivity contribution >= 4 is 69.1 Å². The lowest BCUT2D eigenvalue weighted by Crippen LogP contribution is -2.48. The molecule has 4 aromatic rings. The number of carboxylic acids is 1. The summed E-state index contributed by atoms with van der Waals surface area (Å²) in [6, 6.07) is 14.4. The highest BCUT2D eigenvalue weighted by Gasteiger charge is 2.34.